The maximum atomic E-state index is 13.1. The van der Waals surface area contributed by atoms with Crippen molar-refractivity contribution >= 4 is 34.4 Å². The van der Waals surface area contributed by atoms with Gasteiger partial charge < -0.3 is 31.5 Å². The molecule has 0 radical (unpaired) electrons. The molecule has 0 saturated carbocycles. The van der Waals surface area contributed by atoms with Gasteiger partial charge in [0.1, 0.15) is 17.1 Å². The van der Waals surface area contributed by atoms with Gasteiger partial charge in [-0.05, 0) is 31.3 Å². The molecule has 186 valence electrons. The van der Waals surface area contributed by atoms with E-state index in [2.05, 4.69) is 42.8 Å². The van der Waals surface area contributed by atoms with Gasteiger partial charge >= 0.3 is 6.18 Å². The third-order valence-electron chi connectivity index (χ3n) is 5.74. The number of anilines is 3. The van der Waals surface area contributed by atoms with Crippen molar-refractivity contribution < 1.29 is 22.8 Å². The predicted molar refractivity (Wildman–Crippen MR) is 124 cm³/mol. The van der Waals surface area contributed by atoms with E-state index in [0.717, 1.165) is 32.4 Å². The van der Waals surface area contributed by atoms with Gasteiger partial charge in [0.2, 0.25) is 5.91 Å². The smallest absolute Gasteiger partial charge is 0.365 e. The van der Waals surface area contributed by atoms with Crippen molar-refractivity contribution in [3.05, 3.63) is 47.8 Å². The largest absolute Gasteiger partial charge is 0.433 e. The molecule has 5 N–H and O–H groups in total. The maximum absolute atomic E-state index is 13.1. The summed E-state index contributed by atoms with van der Waals surface area (Å²) in [5.41, 5.74) is 5.49. The first kappa shape index (κ1) is 24.4. The topological polar surface area (TPSA) is 129 Å². The van der Waals surface area contributed by atoms with Crippen LogP contribution in [0.25, 0.3) is 5.57 Å². The molecule has 0 atom stereocenters. The number of fused-ring (bicyclic) bond motifs is 1. The minimum Gasteiger partial charge on any atom is -0.365 e. The number of benzene rings is 1. The highest BCUT2D eigenvalue weighted by atomic mass is 19.4. The first-order chi connectivity index (χ1) is 16.6. The van der Waals surface area contributed by atoms with Crippen molar-refractivity contribution in [2.45, 2.75) is 12.6 Å². The summed E-state index contributed by atoms with van der Waals surface area (Å²) in [4.78, 5) is 36.2. The van der Waals surface area contributed by atoms with Crippen LogP contribution in [-0.4, -0.2) is 71.4 Å². The number of likely N-dealkylation sites (N-methyl/N-ethyl adjacent to an activating group) is 1. The molecule has 1 fully saturated rings. The highest BCUT2D eigenvalue weighted by Crippen LogP contribution is 2.36. The van der Waals surface area contributed by atoms with E-state index in [1.807, 2.05) is 0 Å². The van der Waals surface area contributed by atoms with Crippen LogP contribution < -0.4 is 21.7 Å². The molecule has 0 bridgehead atoms. The van der Waals surface area contributed by atoms with Crippen LogP contribution in [0.15, 0.2) is 36.3 Å². The van der Waals surface area contributed by atoms with E-state index in [-0.39, 0.29) is 17.3 Å². The molecule has 2 aliphatic heterocycles. The van der Waals surface area contributed by atoms with Gasteiger partial charge in [-0.2, -0.15) is 13.2 Å². The number of carbonyl (C=O) groups excluding carboxylic acids is 2. The van der Waals surface area contributed by atoms with E-state index in [1.165, 1.54) is 0 Å². The van der Waals surface area contributed by atoms with Gasteiger partial charge in [-0.15, -0.1) is 0 Å². The van der Waals surface area contributed by atoms with Crippen molar-refractivity contribution in [3.63, 3.8) is 0 Å². The third kappa shape index (κ3) is 5.87. The molecule has 2 amide bonds. The summed E-state index contributed by atoms with van der Waals surface area (Å²) in [6.07, 6.45) is -3.45. The van der Waals surface area contributed by atoms with E-state index in [4.69, 9.17) is 5.73 Å². The molecule has 35 heavy (non-hydrogen) atoms. The zero-order valence-corrected chi connectivity index (χ0v) is 18.9. The van der Waals surface area contributed by atoms with Gasteiger partial charge in [0.25, 0.3) is 5.91 Å². The number of aromatic nitrogens is 2. The number of rotatable bonds is 6. The fraction of sp³-hybridized carbons (Fsp3) is 0.364. The normalized spacial score (nSPS) is 17.8. The average Bonchev–Trinajstić information content (AvgIpc) is 3.21. The Morgan fingerprint density at radius 2 is 1.83 bits per heavy atom. The lowest BCUT2D eigenvalue weighted by molar-refractivity contribution is -0.141. The first-order valence-electron chi connectivity index (χ1n) is 10.9. The fourth-order valence-corrected chi connectivity index (χ4v) is 3.80. The van der Waals surface area contributed by atoms with Crippen molar-refractivity contribution in [1.82, 2.24) is 19.8 Å². The van der Waals surface area contributed by atoms with Crippen molar-refractivity contribution in [2.75, 3.05) is 55.7 Å². The Bertz CT molecular complexity index is 1160. The highest BCUT2D eigenvalue weighted by molar-refractivity contribution is 6.20. The van der Waals surface area contributed by atoms with Crippen molar-refractivity contribution in [1.29, 1.82) is 0 Å². The summed E-state index contributed by atoms with van der Waals surface area (Å²) < 4.78 is 39.2. The van der Waals surface area contributed by atoms with Crippen molar-refractivity contribution in [3.8, 4) is 0 Å². The minimum atomic E-state index is -4.71. The van der Waals surface area contributed by atoms with Crippen LogP contribution in [0.1, 0.15) is 17.9 Å². The number of piperazine rings is 1. The number of halogens is 3. The molecule has 1 saturated heterocycles. The lowest BCUT2D eigenvalue weighted by Gasteiger charge is -2.32. The number of hydrogen-bond acceptors (Lipinski definition) is 8. The Morgan fingerprint density at radius 3 is 2.51 bits per heavy atom. The molecule has 0 spiro atoms. The second kappa shape index (κ2) is 9.88. The van der Waals surface area contributed by atoms with Crippen LogP contribution in [-0.2, 0) is 15.8 Å². The van der Waals surface area contributed by atoms with Crippen LogP contribution in [0.4, 0.5) is 30.2 Å². The number of carbonyl (C=O) groups is 2. The van der Waals surface area contributed by atoms with Gasteiger partial charge in [0, 0.05) is 51.0 Å². The summed E-state index contributed by atoms with van der Waals surface area (Å²) in [6, 6.07) is 5.69. The van der Waals surface area contributed by atoms with Crippen LogP contribution in [0.5, 0.6) is 0 Å². The summed E-state index contributed by atoms with van der Waals surface area (Å²) in [6.45, 7) is 4.45. The van der Waals surface area contributed by atoms with Crippen LogP contribution in [0.2, 0.25) is 0 Å². The SMILES string of the molecule is CN1CCN(CCC(=O)Nc2ccc3c(c2)N/C(=C(/C(N)=O)c2nccc(C(F)(F)F)n2)N3)CC1. The van der Waals surface area contributed by atoms with Gasteiger partial charge in [-0.3, -0.25) is 9.59 Å². The van der Waals surface area contributed by atoms with Crippen LogP contribution in [0, 0.1) is 0 Å². The summed E-state index contributed by atoms with van der Waals surface area (Å²) in [7, 11) is 2.07. The van der Waals surface area contributed by atoms with Crippen LogP contribution in [0.3, 0.4) is 0 Å². The molecule has 0 unspecified atom stereocenters. The van der Waals surface area contributed by atoms with E-state index in [1.54, 1.807) is 18.2 Å². The Balaban J connectivity index is 1.46. The van der Waals surface area contributed by atoms with E-state index >= 15 is 0 Å². The molecule has 10 nitrogen and oxygen atoms in total. The minimum absolute atomic E-state index is 0.0466. The Morgan fingerprint density at radius 1 is 1.11 bits per heavy atom. The third-order valence-corrected chi connectivity index (χ3v) is 5.74. The number of hydrogen-bond donors (Lipinski definition) is 4. The van der Waals surface area contributed by atoms with Gasteiger partial charge in [0.05, 0.1) is 11.4 Å². The van der Waals surface area contributed by atoms with Gasteiger partial charge in [-0.1, -0.05) is 0 Å². The summed E-state index contributed by atoms with van der Waals surface area (Å²) >= 11 is 0. The van der Waals surface area contributed by atoms with Gasteiger partial charge in [-0.25, -0.2) is 9.97 Å². The average molecular weight is 490 g/mol. The molecule has 1 aromatic heterocycles. The molecule has 13 heteroatoms. The molecule has 1 aromatic carbocycles. The lowest BCUT2D eigenvalue weighted by atomic mass is 10.2. The Kier molecular flexibility index (Phi) is 6.89. The number of nitrogens with zero attached hydrogens (tertiary/aromatic N) is 4. The Labute approximate surface area is 199 Å². The molecule has 2 aromatic rings. The Hall–Kier alpha value is -3.71. The number of primary amides is 1. The number of alkyl halides is 3. The second-order valence-electron chi connectivity index (χ2n) is 8.33. The fourth-order valence-electron chi connectivity index (χ4n) is 3.80. The van der Waals surface area contributed by atoms with Crippen molar-refractivity contribution in [2.24, 2.45) is 5.73 Å². The summed E-state index contributed by atoms with van der Waals surface area (Å²) in [5.74, 6) is -1.57. The maximum Gasteiger partial charge on any atom is 0.433 e. The predicted octanol–water partition coefficient (Wildman–Crippen LogP) is 1.76. The zero-order valence-electron chi connectivity index (χ0n) is 18.9. The second-order valence-corrected chi connectivity index (χ2v) is 8.33. The quantitative estimate of drug-likeness (QED) is 0.451. The molecule has 3 heterocycles. The highest BCUT2D eigenvalue weighted by Gasteiger charge is 2.34. The number of nitrogens with one attached hydrogen (secondary N) is 3. The standard InChI is InChI=1S/C22H25F3N8O2/c1-32-8-10-33(11-9-32)7-5-17(34)28-13-2-3-14-15(12-13)30-21(29-14)18(19(26)35)20-27-6-4-16(31-20)22(23,24)25/h2-4,6,12,29-30H,5,7-11H2,1H3,(H2,26,35)(H,28,34)/b21-18-. The number of amides is 2. The molecular formula is C22H25F3N8O2. The monoisotopic (exact) mass is 490 g/mol. The molecular weight excluding hydrogens is 465 g/mol. The lowest BCUT2D eigenvalue weighted by Crippen LogP contribution is -2.45. The molecule has 2 aliphatic rings. The van der Waals surface area contributed by atoms with Gasteiger partial charge in [0.15, 0.2) is 5.82 Å². The van der Waals surface area contributed by atoms with E-state index in [0.29, 0.717) is 36.1 Å². The van der Waals surface area contributed by atoms with E-state index < -0.39 is 23.6 Å². The van der Waals surface area contributed by atoms with E-state index in [9.17, 15) is 22.8 Å². The first-order valence-corrected chi connectivity index (χ1v) is 10.9. The molecule has 0 aliphatic carbocycles. The summed E-state index contributed by atoms with van der Waals surface area (Å²) in [5, 5.41) is 8.67. The number of nitrogens with two attached hydrogens (primary N) is 1. The molecule has 4 rings (SSSR count). The van der Waals surface area contributed by atoms with Crippen LogP contribution >= 0.6 is 0 Å². The zero-order chi connectivity index (χ0) is 25.2.